The molecule has 3 rings (SSSR count). The molecule has 1 aliphatic heterocycles. The van der Waals surface area contributed by atoms with Crippen molar-refractivity contribution in [3.63, 3.8) is 0 Å². The first-order valence-electron chi connectivity index (χ1n) is 7.85. The minimum atomic E-state index is -0.630. The molecule has 22 heavy (non-hydrogen) atoms. The van der Waals surface area contributed by atoms with E-state index in [0.29, 0.717) is 12.0 Å². The number of aliphatic hydroxyl groups excluding tert-OH is 1. The van der Waals surface area contributed by atoms with E-state index in [-0.39, 0.29) is 18.0 Å². The van der Waals surface area contributed by atoms with Crippen LogP contribution in [0, 0.1) is 15.5 Å². The Labute approximate surface area is 129 Å². The van der Waals surface area contributed by atoms with Crippen molar-refractivity contribution in [2.24, 2.45) is 5.41 Å². The molecule has 0 radical (unpaired) electrons. The third-order valence-electron chi connectivity index (χ3n) is 4.89. The maximum Gasteiger partial charge on any atom is 0.310 e. The highest BCUT2D eigenvalue weighted by Gasteiger charge is 2.42. The van der Waals surface area contributed by atoms with E-state index in [1.807, 2.05) is 0 Å². The quantitative estimate of drug-likeness (QED) is 0.644. The molecule has 6 nitrogen and oxygen atoms in total. The first kappa shape index (κ1) is 15.2. The van der Waals surface area contributed by atoms with Gasteiger partial charge in [-0.25, -0.2) is 0 Å². The number of nitrogens with zero attached hydrogens (tertiary/aromatic N) is 2. The first-order valence-corrected chi connectivity index (χ1v) is 7.85. The molecule has 0 aromatic heterocycles. The minimum Gasteiger partial charge on any atom is -0.484 e. The maximum atomic E-state index is 10.9. The lowest BCUT2D eigenvalue weighted by atomic mass is 9.68. The van der Waals surface area contributed by atoms with E-state index >= 15 is 0 Å². The molecule has 0 amide bonds. The SMILES string of the molecule is O=[N+]([O-])c1ccccc1OC[C@@H](O)CN1CCC2(CCC2)C1. The van der Waals surface area contributed by atoms with E-state index in [9.17, 15) is 15.2 Å². The van der Waals surface area contributed by atoms with Crippen molar-refractivity contribution in [1.29, 1.82) is 0 Å². The second-order valence-corrected chi connectivity index (χ2v) is 6.53. The van der Waals surface area contributed by atoms with E-state index in [2.05, 4.69) is 4.90 Å². The van der Waals surface area contributed by atoms with E-state index in [1.54, 1.807) is 18.2 Å². The summed E-state index contributed by atoms with van der Waals surface area (Å²) in [4.78, 5) is 12.7. The predicted octanol–water partition coefficient (Wildman–Crippen LogP) is 2.21. The molecule has 2 fully saturated rings. The van der Waals surface area contributed by atoms with Crippen LogP contribution in [0.15, 0.2) is 24.3 Å². The Balaban J connectivity index is 1.48. The Morgan fingerprint density at radius 1 is 1.36 bits per heavy atom. The third-order valence-corrected chi connectivity index (χ3v) is 4.89. The van der Waals surface area contributed by atoms with Crippen LogP contribution < -0.4 is 4.74 Å². The molecular weight excluding hydrogens is 284 g/mol. The average molecular weight is 306 g/mol. The fourth-order valence-corrected chi connectivity index (χ4v) is 3.54. The average Bonchev–Trinajstić information content (AvgIpc) is 2.89. The van der Waals surface area contributed by atoms with Gasteiger partial charge in [-0.2, -0.15) is 0 Å². The van der Waals surface area contributed by atoms with Crippen molar-refractivity contribution >= 4 is 5.69 Å². The van der Waals surface area contributed by atoms with Crippen molar-refractivity contribution in [3.8, 4) is 5.75 Å². The van der Waals surface area contributed by atoms with E-state index < -0.39 is 11.0 Å². The molecule has 1 N–H and O–H groups in total. The van der Waals surface area contributed by atoms with Gasteiger partial charge in [0.2, 0.25) is 0 Å². The van der Waals surface area contributed by atoms with E-state index in [4.69, 9.17) is 4.74 Å². The lowest BCUT2D eigenvalue weighted by Crippen LogP contribution is -2.38. The number of hydrogen-bond donors (Lipinski definition) is 1. The Bertz CT molecular complexity index is 545. The molecule has 6 heteroatoms. The minimum absolute atomic E-state index is 0.0655. The Morgan fingerprint density at radius 2 is 2.14 bits per heavy atom. The van der Waals surface area contributed by atoms with Gasteiger partial charge in [0.15, 0.2) is 5.75 Å². The molecule has 1 heterocycles. The normalized spacial score (nSPS) is 21.5. The number of ether oxygens (including phenoxy) is 1. The first-order chi connectivity index (χ1) is 10.6. The van der Waals surface area contributed by atoms with Gasteiger partial charge < -0.3 is 14.7 Å². The summed E-state index contributed by atoms with van der Waals surface area (Å²) < 4.78 is 5.44. The van der Waals surface area contributed by atoms with Crippen molar-refractivity contribution in [3.05, 3.63) is 34.4 Å². The van der Waals surface area contributed by atoms with Crippen LogP contribution in [-0.4, -0.2) is 47.3 Å². The van der Waals surface area contributed by atoms with Gasteiger partial charge in [0.1, 0.15) is 12.7 Å². The van der Waals surface area contributed by atoms with Crippen LogP contribution in [0.4, 0.5) is 5.69 Å². The predicted molar refractivity (Wildman–Crippen MR) is 81.9 cm³/mol. The summed E-state index contributed by atoms with van der Waals surface area (Å²) >= 11 is 0. The summed E-state index contributed by atoms with van der Waals surface area (Å²) in [6.07, 6.45) is 4.55. The number of para-hydroxylation sites is 2. The summed E-state index contributed by atoms with van der Waals surface area (Å²) in [7, 11) is 0. The molecule has 1 saturated heterocycles. The molecule has 0 bridgehead atoms. The zero-order valence-corrected chi connectivity index (χ0v) is 12.6. The van der Waals surface area contributed by atoms with Crippen molar-refractivity contribution < 1.29 is 14.8 Å². The Morgan fingerprint density at radius 3 is 2.77 bits per heavy atom. The van der Waals surface area contributed by atoms with Crippen LogP contribution in [0.1, 0.15) is 25.7 Å². The summed E-state index contributed by atoms with van der Waals surface area (Å²) in [5.74, 6) is 0.212. The van der Waals surface area contributed by atoms with Gasteiger partial charge in [0.05, 0.1) is 4.92 Å². The Kier molecular flexibility index (Phi) is 4.31. The van der Waals surface area contributed by atoms with Crippen LogP contribution in [0.5, 0.6) is 5.75 Å². The fraction of sp³-hybridized carbons (Fsp3) is 0.625. The lowest BCUT2D eigenvalue weighted by Gasteiger charge is -2.38. The number of aliphatic hydroxyl groups is 1. The Hall–Kier alpha value is -1.66. The molecule has 1 aliphatic carbocycles. The zero-order valence-electron chi connectivity index (χ0n) is 12.6. The molecule has 1 saturated carbocycles. The lowest BCUT2D eigenvalue weighted by molar-refractivity contribution is -0.385. The highest BCUT2D eigenvalue weighted by atomic mass is 16.6. The van der Waals surface area contributed by atoms with Gasteiger partial charge in [-0.15, -0.1) is 0 Å². The fourth-order valence-electron chi connectivity index (χ4n) is 3.54. The van der Waals surface area contributed by atoms with Crippen LogP contribution in [0.2, 0.25) is 0 Å². The number of nitro groups is 1. The molecule has 0 unspecified atom stereocenters. The summed E-state index contributed by atoms with van der Waals surface area (Å²) in [6.45, 7) is 2.74. The summed E-state index contributed by atoms with van der Waals surface area (Å²) in [6, 6.07) is 6.26. The highest BCUT2D eigenvalue weighted by molar-refractivity contribution is 5.45. The van der Waals surface area contributed by atoms with Gasteiger partial charge in [-0.3, -0.25) is 10.1 Å². The second kappa shape index (κ2) is 6.22. The van der Waals surface area contributed by atoms with Gasteiger partial charge in [-0.1, -0.05) is 18.6 Å². The summed E-state index contributed by atoms with van der Waals surface area (Å²) in [5.41, 5.74) is 0.447. The molecule has 1 aromatic rings. The number of β-amino-alcohol motifs (C(OH)–C–C–N with tert-alkyl or cyclic N) is 1. The zero-order chi connectivity index (χ0) is 15.6. The molecule has 1 aromatic carbocycles. The molecule has 2 aliphatic rings. The topological polar surface area (TPSA) is 75.8 Å². The molecular formula is C16H22N2O4. The number of rotatable bonds is 6. The number of benzene rings is 1. The maximum absolute atomic E-state index is 10.9. The van der Waals surface area contributed by atoms with Crippen LogP contribution in [0.25, 0.3) is 0 Å². The van der Waals surface area contributed by atoms with Crippen molar-refractivity contribution in [1.82, 2.24) is 4.90 Å². The van der Waals surface area contributed by atoms with Gasteiger partial charge in [0.25, 0.3) is 0 Å². The third kappa shape index (κ3) is 3.23. The standard InChI is InChI=1S/C16H22N2O4/c19-13(10-17-9-8-16(12-17)6-3-7-16)11-22-15-5-2-1-4-14(15)18(20)21/h1-2,4-5,13,19H,3,6-12H2/t13-/m0/s1. The van der Waals surface area contributed by atoms with E-state index in [1.165, 1.54) is 31.7 Å². The van der Waals surface area contributed by atoms with Crippen LogP contribution in [-0.2, 0) is 0 Å². The van der Waals surface area contributed by atoms with Crippen LogP contribution >= 0.6 is 0 Å². The van der Waals surface area contributed by atoms with Gasteiger partial charge in [0, 0.05) is 19.2 Å². The van der Waals surface area contributed by atoms with Crippen LogP contribution in [0.3, 0.4) is 0 Å². The highest BCUT2D eigenvalue weighted by Crippen LogP contribution is 2.47. The van der Waals surface area contributed by atoms with Crippen molar-refractivity contribution in [2.45, 2.75) is 31.8 Å². The van der Waals surface area contributed by atoms with Gasteiger partial charge in [-0.05, 0) is 37.3 Å². The van der Waals surface area contributed by atoms with Gasteiger partial charge >= 0.3 is 5.69 Å². The largest absolute Gasteiger partial charge is 0.484 e. The smallest absolute Gasteiger partial charge is 0.310 e. The molecule has 1 atom stereocenters. The van der Waals surface area contributed by atoms with Crippen molar-refractivity contribution in [2.75, 3.05) is 26.2 Å². The number of nitro benzene ring substituents is 1. The molecule has 1 spiro atoms. The number of likely N-dealkylation sites (tertiary alicyclic amines) is 1. The second-order valence-electron chi connectivity index (χ2n) is 6.53. The molecule has 120 valence electrons. The monoisotopic (exact) mass is 306 g/mol. The summed E-state index contributed by atoms with van der Waals surface area (Å²) in [5, 5.41) is 21.0. The number of hydrogen-bond acceptors (Lipinski definition) is 5. The van der Waals surface area contributed by atoms with E-state index in [0.717, 1.165) is 13.1 Å².